The van der Waals surface area contributed by atoms with Crippen molar-refractivity contribution in [3.63, 3.8) is 0 Å². The Morgan fingerprint density at radius 2 is 1.64 bits per heavy atom. The molecule has 8 nitrogen and oxygen atoms in total. The summed E-state index contributed by atoms with van der Waals surface area (Å²) >= 11 is 0. The average molecular weight is 535 g/mol. The lowest BCUT2D eigenvalue weighted by atomic mass is 10.0. The number of halogens is 1. The van der Waals surface area contributed by atoms with E-state index in [1.807, 2.05) is 0 Å². The molecule has 3 aromatic carbocycles. The van der Waals surface area contributed by atoms with Crippen LogP contribution in [0.3, 0.4) is 0 Å². The first-order chi connectivity index (χ1) is 19.0. The predicted octanol–water partition coefficient (Wildman–Crippen LogP) is 5.06. The highest BCUT2D eigenvalue weighted by Gasteiger charge is 2.37. The van der Waals surface area contributed by atoms with E-state index in [1.54, 1.807) is 36.4 Å². The summed E-state index contributed by atoms with van der Waals surface area (Å²) in [6.07, 6.45) is 3.77. The molecule has 0 radical (unpaired) electrons. The zero-order chi connectivity index (χ0) is 27.4. The number of nitrogens with one attached hydrogen (secondary N) is 1. The molecule has 2 amide bonds. The number of nitrogens with zero attached hydrogens (tertiary/aromatic N) is 1. The number of amides is 2. The first-order valence-corrected chi connectivity index (χ1v) is 13.0. The second-order valence-electron chi connectivity index (χ2n) is 9.52. The topological polar surface area (TPSA) is 86.3 Å². The van der Waals surface area contributed by atoms with Crippen molar-refractivity contribution in [2.75, 3.05) is 32.3 Å². The molecule has 5 rings (SSSR count). The van der Waals surface area contributed by atoms with E-state index in [2.05, 4.69) is 5.32 Å². The Hall–Kier alpha value is -4.27. The summed E-state index contributed by atoms with van der Waals surface area (Å²) < 4.78 is 36.4. The van der Waals surface area contributed by atoms with Gasteiger partial charge in [-0.2, -0.15) is 0 Å². The summed E-state index contributed by atoms with van der Waals surface area (Å²) in [6, 6.07) is 14.4. The molecule has 1 atom stereocenters. The van der Waals surface area contributed by atoms with Crippen LogP contribution >= 0.6 is 0 Å². The van der Waals surface area contributed by atoms with Crippen LogP contribution < -0.4 is 29.2 Å². The molecule has 1 fully saturated rings. The van der Waals surface area contributed by atoms with Crippen LogP contribution in [0.25, 0.3) is 0 Å². The number of anilines is 1. The molecule has 0 bridgehead atoms. The molecule has 1 saturated carbocycles. The van der Waals surface area contributed by atoms with Gasteiger partial charge >= 0.3 is 0 Å². The summed E-state index contributed by atoms with van der Waals surface area (Å²) in [4.78, 5) is 29.8. The molecule has 0 unspecified atom stereocenters. The zero-order valence-corrected chi connectivity index (χ0v) is 21.9. The minimum absolute atomic E-state index is 0.00102. The van der Waals surface area contributed by atoms with Crippen LogP contribution in [-0.2, 0) is 4.79 Å². The van der Waals surface area contributed by atoms with Crippen LogP contribution in [0.1, 0.15) is 47.6 Å². The summed E-state index contributed by atoms with van der Waals surface area (Å²) in [6.45, 7) is 0.779. The second kappa shape index (κ2) is 11.6. The standard InChI is InChI=1S/C30H31FN2O6/c1-36-23-12-14-25(37-2)24(18-23)33(30(35)20-9-13-26-27(17-20)39-16-15-38-26)28(19-7-10-21(31)11-8-19)29(34)32-22-5-3-4-6-22/h7-14,17-18,22,28H,3-6,15-16H2,1-2H3,(H,32,34)/t28-/m0/s1. The Bertz CT molecular complexity index is 1340. The van der Waals surface area contributed by atoms with E-state index in [0.29, 0.717) is 47.5 Å². The quantitative estimate of drug-likeness (QED) is 0.435. The fourth-order valence-electron chi connectivity index (χ4n) is 5.08. The molecule has 0 spiro atoms. The van der Waals surface area contributed by atoms with Crippen LogP contribution in [0.5, 0.6) is 23.0 Å². The lowest BCUT2D eigenvalue weighted by Gasteiger charge is -2.33. The Kier molecular flexibility index (Phi) is 7.86. The summed E-state index contributed by atoms with van der Waals surface area (Å²) in [5.41, 5.74) is 1.06. The van der Waals surface area contributed by atoms with E-state index in [9.17, 15) is 14.0 Å². The monoisotopic (exact) mass is 534 g/mol. The van der Waals surface area contributed by atoms with Crippen LogP contribution in [0, 0.1) is 5.82 Å². The number of rotatable bonds is 8. The fourth-order valence-corrected chi connectivity index (χ4v) is 5.08. The van der Waals surface area contributed by atoms with Gasteiger partial charge in [-0.1, -0.05) is 25.0 Å². The van der Waals surface area contributed by atoms with Crippen LogP contribution in [0.4, 0.5) is 10.1 Å². The number of methoxy groups -OCH3 is 2. The first kappa shape index (κ1) is 26.3. The van der Waals surface area contributed by atoms with Gasteiger partial charge in [0.15, 0.2) is 11.5 Å². The van der Waals surface area contributed by atoms with Gasteiger partial charge in [-0.15, -0.1) is 0 Å². The van der Waals surface area contributed by atoms with Crippen molar-refractivity contribution in [2.24, 2.45) is 0 Å². The van der Waals surface area contributed by atoms with Crippen LogP contribution in [-0.4, -0.2) is 45.3 Å². The van der Waals surface area contributed by atoms with E-state index in [0.717, 1.165) is 25.7 Å². The molecule has 3 aromatic rings. The number of carbonyl (C=O) groups is 2. The smallest absolute Gasteiger partial charge is 0.259 e. The minimum Gasteiger partial charge on any atom is -0.497 e. The largest absolute Gasteiger partial charge is 0.497 e. The molecule has 0 saturated heterocycles. The molecule has 1 heterocycles. The Balaban J connectivity index is 1.66. The van der Waals surface area contributed by atoms with E-state index in [4.69, 9.17) is 18.9 Å². The molecule has 9 heteroatoms. The van der Waals surface area contributed by atoms with Gasteiger partial charge in [-0.05, 0) is 60.9 Å². The van der Waals surface area contributed by atoms with Crippen LogP contribution in [0.15, 0.2) is 60.7 Å². The van der Waals surface area contributed by atoms with Crippen molar-refractivity contribution in [1.82, 2.24) is 5.32 Å². The van der Waals surface area contributed by atoms with E-state index >= 15 is 0 Å². The lowest BCUT2D eigenvalue weighted by Crippen LogP contribution is -2.46. The van der Waals surface area contributed by atoms with Gasteiger partial charge in [0.25, 0.3) is 5.91 Å². The Labute approximate surface area is 226 Å². The third-order valence-electron chi connectivity index (χ3n) is 7.05. The predicted molar refractivity (Wildman–Crippen MR) is 143 cm³/mol. The first-order valence-electron chi connectivity index (χ1n) is 13.0. The Morgan fingerprint density at radius 1 is 0.923 bits per heavy atom. The van der Waals surface area contributed by atoms with E-state index in [1.165, 1.54) is 43.4 Å². The van der Waals surface area contributed by atoms with Gasteiger partial charge in [0, 0.05) is 17.7 Å². The van der Waals surface area contributed by atoms with Crippen LogP contribution in [0.2, 0.25) is 0 Å². The van der Waals surface area contributed by atoms with Gasteiger partial charge in [0.2, 0.25) is 5.91 Å². The van der Waals surface area contributed by atoms with Crippen molar-refractivity contribution >= 4 is 17.5 Å². The molecular formula is C30H31FN2O6. The molecule has 1 aliphatic heterocycles. The van der Waals surface area contributed by atoms with Gasteiger partial charge in [0.1, 0.15) is 36.6 Å². The maximum atomic E-state index is 14.4. The maximum absolute atomic E-state index is 14.4. The van der Waals surface area contributed by atoms with Gasteiger partial charge in [0.05, 0.1) is 19.9 Å². The number of hydrogen-bond donors (Lipinski definition) is 1. The van der Waals surface area contributed by atoms with Crippen molar-refractivity contribution in [3.05, 3.63) is 77.6 Å². The number of fused-ring (bicyclic) bond motifs is 1. The van der Waals surface area contributed by atoms with Gasteiger partial charge < -0.3 is 24.3 Å². The highest BCUT2D eigenvalue weighted by Crippen LogP contribution is 2.40. The minimum atomic E-state index is -1.13. The van der Waals surface area contributed by atoms with Gasteiger partial charge in [-0.25, -0.2) is 4.39 Å². The average Bonchev–Trinajstić information content (AvgIpc) is 3.48. The van der Waals surface area contributed by atoms with Gasteiger partial charge in [-0.3, -0.25) is 14.5 Å². The molecule has 1 aliphatic carbocycles. The number of carbonyl (C=O) groups excluding carboxylic acids is 2. The maximum Gasteiger partial charge on any atom is 0.259 e. The highest BCUT2D eigenvalue weighted by molar-refractivity contribution is 6.11. The molecule has 1 N–H and O–H groups in total. The molecule has 39 heavy (non-hydrogen) atoms. The normalized spacial score (nSPS) is 15.4. The third kappa shape index (κ3) is 5.62. The third-order valence-corrected chi connectivity index (χ3v) is 7.05. The summed E-state index contributed by atoms with van der Waals surface area (Å²) in [7, 11) is 3.01. The lowest BCUT2D eigenvalue weighted by molar-refractivity contribution is -0.123. The number of benzene rings is 3. The van der Waals surface area contributed by atoms with Crippen molar-refractivity contribution < 1.29 is 32.9 Å². The summed E-state index contributed by atoms with van der Waals surface area (Å²) in [5, 5.41) is 3.12. The molecule has 0 aromatic heterocycles. The molecule has 204 valence electrons. The molecule has 2 aliphatic rings. The highest BCUT2D eigenvalue weighted by atomic mass is 19.1. The Morgan fingerprint density at radius 3 is 2.33 bits per heavy atom. The number of hydrogen-bond acceptors (Lipinski definition) is 6. The van der Waals surface area contributed by atoms with Crippen molar-refractivity contribution in [3.8, 4) is 23.0 Å². The second-order valence-corrected chi connectivity index (χ2v) is 9.52. The van der Waals surface area contributed by atoms with E-state index in [-0.39, 0.29) is 17.5 Å². The molecular weight excluding hydrogens is 503 g/mol. The van der Waals surface area contributed by atoms with Crippen molar-refractivity contribution in [2.45, 2.75) is 37.8 Å². The SMILES string of the molecule is COc1ccc(OC)c(N(C(=O)c2ccc3c(c2)OCCO3)[C@H](C(=O)NC2CCCC2)c2ccc(F)cc2)c1. The fraction of sp³-hybridized carbons (Fsp3) is 0.333. The summed E-state index contributed by atoms with van der Waals surface area (Å²) in [5.74, 6) is 0.522. The zero-order valence-electron chi connectivity index (χ0n) is 21.9. The number of ether oxygens (including phenoxy) is 4. The van der Waals surface area contributed by atoms with Crippen molar-refractivity contribution in [1.29, 1.82) is 0 Å². The van der Waals surface area contributed by atoms with E-state index < -0.39 is 17.8 Å².